The number of aromatic amines is 1. The van der Waals surface area contributed by atoms with Crippen LogP contribution in [0.1, 0.15) is 29.7 Å². The number of likely N-dealkylation sites (N-methyl/N-ethyl adjacent to an activating group) is 2. The Hall–Kier alpha value is -5.03. The summed E-state index contributed by atoms with van der Waals surface area (Å²) in [5.74, 6) is -0.00527. The number of nitrogens with two attached hydrogens (primary N) is 2. The van der Waals surface area contributed by atoms with E-state index in [1.54, 1.807) is 19.3 Å². The van der Waals surface area contributed by atoms with Crippen molar-refractivity contribution < 1.29 is 14.4 Å². The Morgan fingerprint density at radius 1 is 0.967 bits per heavy atom. The van der Waals surface area contributed by atoms with Crippen LogP contribution in [0.25, 0.3) is 22.0 Å². The smallest absolute Gasteiger partial charge is 0.246 e. The first kappa shape index (κ1) is 45.5. The number of halogens is 1. The van der Waals surface area contributed by atoms with E-state index in [1.165, 1.54) is 16.7 Å². The van der Waals surface area contributed by atoms with Crippen molar-refractivity contribution in [2.24, 2.45) is 16.5 Å². The fourth-order valence-electron chi connectivity index (χ4n) is 7.65. The Kier molecular flexibility index (Phi) is 16.2. The van der Waals surface area contributed by atoms with E-state index < -0.39 is 29.9 Å². The minimum Gasteiger partial charge on any atom is -0.358 e. The van der Waals surface area contributed by atoms with Gasteiger partial charge in [0.2, 0.25) is 17.7 Å². The van der Waals surface area contributed by atoms with Gasteiger partial charge in [-0.05, 0) is 97.6 Å². The number of aryl methyl sites for hydroxylation is 1. The summed E-state index contributed by atoms with van der Waals surface area (Å²) in [6.07, 6.45) is 8.36. The quantitative estimate of drug-likeness (QED) is 0.151. The second-order valence-corrected chi connectivity index (χ2v) is 16.9. The highest BCUT2D eigenvalue weighted by Crippen LogP contribution is 2.36. The van der Waals surface area contributed by atoms with Crippen molar-refractivity contribution >= 4 is 64.0 Å². The molecular weight excluding hydrogens is 810 g/mol. The van der Waals surface area contributed by atoms with Gasteiger partial charge in [0.05, 0.1) is 16.9 Å². The van der Waals surface area contributed by atoms with Crippen molar-refractivity contribution in [3.05, 3.63) is 101 Å². The number of rotatable bonds is 8. The number of aromatic nitrogens is 2. The van der Waals surface area contributed by atoms with Crippen molar-refractivity contribution in [3.8, 4) is 11.1 Å². The molecule has 4 heterocycles. The minimum atomic E-state index is -1.10. The number of hydrogen-bond donors (Lipinski definition) is 6. The van der Waals surface area contributed by atoms with Crippen LogP contribution < -0.4 is 32.3 Å². The topological polar surface area (TPSA) is 190 Å². The highest BCUT2D eigenvalue weighted by atomic mass is 35.5. The maximum absolute atomic E-state index is 14.7. The average Bonchev–Trinajstić information content (AvgIpc) is 3.58. The molecule has 2 aromatic carbocycles. The van der Waals surface area contributed by atoms with Crippen molar-refractivity contribution in [1.82, 2.24) is 35.7 Å². The Morgan fingerprint density at radius 2 is 1.75 bits per heavy atom. The molecule has 0 saturated carbocycles. The predicted molar refractivity (Wildman–Crippen MR) is 248 cm³/mol. The summed E-state index contributed by atoms with van der Waals surface area (Å²) in [7, 11) is 3.71. The SMILES string of the molecule is C=C1/C=C\C=N/CSc2c(Cl)cc(-c3ccnc(N4CCN(C)CC4)c3)cc2CNC(=O)[C@H](Cc2c(C)[nH]c3ccccc23)N(C)C(=O)[C@H](CN)NC(=O)[C@H](CCCN)NC1. The summed E-state index contributed by atoms with van der Waals surface area (Å²) in [5, 5.41) is 10.8. The molecule has 3 amide bonds. The number of piperazine rings is 1. The Labute approximate surface area is 367 Å². The summed E-state index contributed by atoms with van der Waals surface area (Å²) < 4.78 is 0. The van der Waals surface area contributed by atoms with Gasteiger partial charge in [-0.3, -0.25) is 19.4 Å². The number of benzene rings is 2. The van der Waals surface area contributed by atoms with E-state index in [-0.39, 0.29) is 25.4 Å². The molecule has 8 N–H and O–H groups in total. The number of allylic oxidation sites excluding steroid dienone is 1. The predicted octanol–water partition coefficient (Wildman–Crippen LogP) is 4.02. The van der Waals surface area contributed by atoms with Gasteiger partial charge in [0, 0.05) is 93.2 Å². The van der Waals surface area contributed by atoms with E-state index in [1.807, 2.05) is 61.7 Å². The number of carbonyl (C=O) groups is 3. The first-order valence-corrected chi connectivity index (χ1v) is 22.1. The van der Waals surface area contributed by atoms with Gasteiger partial charge < -0.3 is 47.1 Å². The van der Waals surface area contributed by atoms with Crippen LogP contribution >= 0.6 is 23.4 Å². The number of aliphatic imine (C=N–C) groups is 1. The molecule has 14 nitrogen and oxygen atoms in total. The molecule has 3 atom stereocenters. The van der Waals surface area contributed by atoms with Gasteiger partial charge in [-0.1, -0.05) is 42.5 Å². The Bertz CT molecular complexity index is 2250. The normalized spacial score (nSPS) is 21.7. The van der Waals surface area contributed by atoms with Crippen molar-refractivity contribution in [2.45, 2.75) is 55.8 Å². The number of nitrogens with one attached hydrogen (secondary N) is 4. The number of nitrogens with zero attached hydrogens (tertiary/aromatic N) is 5. The van der Waals surface area contributed by atoms with Crippen LogP contribution in [0.3, 0.4) is 0 Å². The minimum absolute atomic E-state index is 0.117. The van der Waals surface area contributed by atoms with Gasteiger partial charge in [-0.2, -0.15) is 0 Å². The van der Waals surface area contributed by atoms with Gasteiger partial charge in [0.15, 0.2) is 0 Å². The van der Waals surface area contributed by atoms with Gasteiger partial charge >= 0.3 is 0 Å². The van der Waals surface area contributed by atoms with Crippen LogP contribution in [0.5, 0.6) is 0 Å². The second kappa shape index (κ2) is 21.7. The van der Waals surface area contributed by atoms with Crippen LogP contribution in [0.15, 0.2) is 88.9 Å². The summed E-state index contributed by atoms with van der Waals surface area (Å²) in [4.78, 5) is 62.2. The number of anilines is 1. The zero-order valence-corrected chi connectivity index (χ0v) is 36.8. The summed E-state index contributed by atoms with van der Waals surface area (Å²) in [6, 6.07) is 13.2. The van der Waals surface area contributed by atoms with Gasteiger partial charge in [-0.25, -0.2) is 4.98 Å². The van der Waals surface area contributed by atoms with Crippen LogP contribution in [0, 0.1) is 6.92 Å². The number of amides is 3. The lowest BCUT2D eigenvalue weighted by atomic mass is 9.99. The number of pyridine rings is 1. The number of H-pyrrole nitrogens is 1. The molecule has 324 valence electrons. The lowest BCUT2D eigenvalue weighted by molar-refractivity contribution is -0.141. The molecule has 0 aliphatic carbocycles. The maximum Gasteiger partial charge on any atom is 0.246 e. The first-order chi connectivity index (χ1) is 29.5. The third kappa shape index (κ3) is 11.7. The van der Waals surface area contributed by atoms with Crippen LogP contribution in [0.4, 0.5) is 5.82 Å². The lowest BCUT2D eigenvalue weighted by Crippen LogP contribution is -2.59. The molecule has 2 aliphatic rings. The summed E-state index contributed by atoms with van der Waals surface area (Å²) in [6.45, 7) is 10.4. The van der Waals surface area contributed by atoms with Gasteiger partial charge in [-0.15, -0.1) is 11.8 Å². The van der Waals surface area contributed by atoms with Crippen molar-refractivity contribution in [1.29, 1.82) is 0 Å². The van der Waals surface area contributed by atoms with E-state index in [2.05, 4.69) is 60.4 Å². The molecule has 0 radical (unpaired) electrons. The molecule has 16 heteroatoms. The highest BCUT2D eigenvalue weighted by Gasteiger charge is 2.34. The molecular formula is C45H58ClN11O3S. The molecule has 4 aromatic rings. The molecule has 0 bridgehead atoms. The van der Waals surface area contributed by atoms with Crippen LogP contribution in [0.2, 0.25) is 5.02 Å². The zero-order chi connectivity index (χ0) is 43.5. The molecule has 61 heavy (non-hydrogen) atoms. The van der Waals surface area contributed by atoms with Crippen LogP contribution in [-0.2, 0) is 27.3 Å². The average molecular weight is 869 g/mol. The van der Waals surface area contributed by atoms with Crippen molar-refractivity contribution in [2.75, 3.05) is 70.7 Å². The van der Waals surface area contributed by atoms with Gasteiger partial charge in [0.25, 0.3) is 0 Å². The van der Waals surface area contributed by atoms with Crippen molar-refractivity contribution in [3.63, 3.8) is 0 Å². The van der Waals surface area contributed by atoms with E-state index >= 15 is 0 Å². The van der Waals surface area contributed by atoms with E-state index in [9.17, 15) is 14.4 Å². The third-order valence-electron chi connectivity index (χ3n) is 11.3. The highest BCUT2D eigenvalue weighted by molar-refractivity contribution is 7.99. The maximum atomic E-state index is 14.7. The molecule has 1 fully saturated rings. The monoisotopic (exact) mass is 867 g/mol. The van der Waals surface area contributed by atoms with E-state index in [0.717, 1.165) is 81.3 Å². The second-order valence-electron chi connectivity index (χ2n) is 15.6. The fraction of sp³-hybridized carbons (Fsp3) is 0.400. The van der Waals surface area contributed by atoms with Gasteiger partial charge in [0.1, 0.15) is 17.9 Å². The number of para-hydroxylation sites is 1. The summed E-state index contributed by atoms with van der Waals surface area (Å²) >= 11 is 8.58. The molecule has 1 saturated heterocycles. The number of carbonyl (C=O) groups excluding carboxylic acids is 3. The van der Waals surface area contributed by atoms with E-state index in [4.69, 9.17) is 23.1 Å². The molecule has 6 rings (SSSR count). The molecule has 0 unspecified atom stereocenters. The fourth-order valence-corrected chi connectivity index (χ4v) is 8.86. The number of hydrogen-bond acceptors (Lipinski definition) is 11. The first-order valence-electron chi connectivity index (χ1n) is 20.7. The largest absolute Gasteiger partial charge is 0.358 e. The number of fused-ring (bicyclic) bond motifs is 2. The molecule has 2 aromatic heterocycles. The lowest BCUT2D eigenvalue weighted by Gasteiger charge is -2.33. The number of thioether (sulfide) groups is 1. The Balaban J connectivity index is 1.37. The Morgan fingerprint density at radius 3 is 2.52 bits per heavy atom. The van der Waals surface area contributed by atoms with E-state index in [0.29, 0.717) is 36.8 Å². The third-order valence-corrected chi connectivity index (χ3v) is 12.7. The van der Waals surface area contributed by atoms with Crippen LogP contribution in [-0.4, -0.2) is 128 Å². The zero-order valence-electron chi connectivity index (χ0n) is 35.3. The summed E-state index contributed by atoms with van der Waals surface area (Å²) in [5.41, 5.74) is 18.1. The molecule has 0 spiro atoms. The standard InChI is InChI=1S/C45H58ClN11O3S/c1-29-9-8-15-49-28-61-42-33(21-32(22-36(42)46)31-13-16-50-41(23-31)57-19-17-55(3)18-20-57)27-52-44(59)40(24-35-30(2)53-37-11-6-5-10-34(35)37)56(4)45(60)39(25-48)54-43(58)38(51-26-29)12-7-14-47/h5-6,8-11,13,15-16,21-23,38-40,51,53H,1,7,12,14,17-20,24-28,47-48H2,2-4H3,(H,52,59)(H,54,58)/b9-8-,49-15-/t38-,39-,40-/m0/s1. The molecule has 2 aliphatic heterocycles.